The van der Waals surface area contributed by atoms with Gasteiger partial charge in [0.2, 0.25) is 0 Å². The Morgan fingerprint density at radius 2 is 1.44 bits per heavy atom. The van der Waals surface area contributed by atoms with Crippen LogP contribution in [0.25, 0.3) is 21.8 Å². The molecule has 1 aliphatic rings. The fourth-order valence-corrected chi connectivity index (χ4v) is 5.44. The summed E-state index contributed by atoms with van der Waals surface area (Å²) in [5.74, 6) is 0. The van der Waals surface area contributed by atoms with Crippen LogP contribution in [0.15, 0.2) is 75.7 Å². The molecule has 1 fully saturated rings. The van der Waals surface area contributed by atoms with E-state index in [1.54, 1.807) is 0 Å². The molecule has 6 heteroatoms. The van der Waals surface area contributed by atoms with Crippen molar-refractivity contribution in [2.45, 2.75) is 19.1 Å². The molecule has 0 amide bonds. The van der Waals surface area contributed by atoms with Gasteiger partial charge in [0.1, 0.15) is 0 Å². The van der Waals surface area contributed by atoms with Gasteiger partial charge < -0.3 is 15.2 Å². The van der Waals surface area contributed by atoms with Crippen molar-refractivity contribution in [2.24, 2.45) is 0 Å². The third-order valence-corrected chi connectivity index (χ3v) is 7.30. The smallest absolute Gasteiger partial charge is 0.0492 e. The zero-order chi connectivity index (χ0) is 21.9. The first-order chi connectivity index (χ1) is 15.7. The third kappa shape index (κ3) is 4.95. The molecule has 5 rings (SSSR count). The Morgan fingerprint density at radius 1 is 0.812 bits per heavy atom. The second-order valence-corrected chi connectivity index (χ2v) is 10.4. The normalized spacial score (nSPS) is 16.1. The van der Waals surface area contributed by atoms with Crippen molar-refractivity contribution in [3.05, 3.63) is 81.2 Å². The van der Waals surface area contributed by atoms with Gasteiger partial charge in [0.15, 0.2) is 0 Å². The Labute approximate surface area is 206 Å². The van der Waals surface area contributed by atoms with E-state index in [0.29, 0.717) is 6.04 Å². The van der Waals surface area contributed by atoms with E-state index in [2.05, 4.69) is 119 Å². The molecule has 1 atom stereocenters. The first kappa shape index (κ1) is 22.1. The predicted octanol–water partition coefficient (Wildman–Crippen LogP) is 5.38. The van der Waals surface area contributed by atoms with Crippen LogP contribution in [0, 0.1) is 0 Å². The second-order valence-electron chi connectivity index (χ2n) is 8.55. The van der Waals surface area contributed by atoms with Gasteiger partial charge in [-0.15, -0.1) is 0 Å². The van der Waals surface area contributed by atoms with Crippen LogP contribution in [-0.2, 0) is 13.1 Å². The van der Waals surface area contributed by atoms with Gasteiger partial charge in [0, 0.05) is 82.6 Å². The lowest BCUT2D eigenvalue weighted by Gasteiger charge is -2.32. The largest absolute Gasteiger partial charge is 0.339 e. The van der Waals surface area contributed by atoms with E-state index in [-0.39, 0.29) is 0 Å². The molecule has 1 saturated heterocycles. The van der Waals surface area contributed by atoms with Crippen molar-refractivity contribution in [3.63, 3.8) is 0 Å². The highest BCUT2D eigenvalue weighted by atomic mass is 79.9. The lowest BCUT2D eigenvalue weighted by atomic mass is 10.2. The highest BCUT2D eigenvalue weighted by molar-refractivity contribution is 9.10. The van der Waals surface area contributed by atoms with E-state index in [1.165, 1.54) is 27.4 Å². The molecule has 2 heterocycles. The molecule has 0 bridgehead atoms. The summed E-state index contributed by atoms with van der Waals surface area (Å²) >= 11 is 7.33. The molecule has 32 heavy (non-hydrogen) atoms. The average molecular weight is 556 g/mol. The summed E-state index contributed by atoms with van der Waals surface area (Å²) in [7, 11) is 0. The number of rotatable bonds is 7. The predicted molar refractivity (Wildman–Crippen MR) is 141 cm³/mol. The molecule has 1 aromatic heterocycles. The minimum absolute atomic E-state index is 0.347. The third-order valence-electron chi connectivity index (χ3n) is 6.32. The van der Waals surface area contributed by atoms with Crippen LogP contribution >= 0.6 is 31.9 Å². The minimum Gasteiger partial charge on any atom is -0.339 e. The minimum atomic E-state index is 0.347. The molecular formula is C26H28Br2N4. The van der Waals surface area contributed by atoms with E-state index in [9.17, 15) is 0 Å². The fourth-order valence-electron chi connectivity index (χ4n) is 4.72. The van der Waals surface area contributed by atoms with Crippen LogP contribution in [0.3, 0.4) is 0 Å². The standard InChI is InChI=1S/C26H28Br2N4/c27-20-6-8-25-23(14-20)24-15-21(28)7-9-26(24)32(25)18-22(17-31-12-10-29-11-13-31)30-16-19-4-2-1-3-5-19/h1-9,14-15,22,29-30H,10-13,16-18H2. The van der Waals surface area contributed by atoms with Gasteiger partial charge in [-0.2, -0.15) is 0 Å². The molecule has 0 saturated carbocycles. The summed E-state index contributed by atoms with van der Waals surface area (Å²) in [5.41, 5.74) is 3.90. The maximum Gasteiger partial charge on any atom is 0.0492 e. The van der Waals surface area contributed by atoms with Gasteiger partial charge in [-0.3, -0.25) is 4.90 Å². The van der Waals surface area contributed by atoms with Crippen molar-refractivity contribution in [1.82, 2.24) is 20.1 Å². The first-order valence-electron chi connectivity index (χ1n) is 11.2. The van der Waals surface area contributed by atoms with Gasteiger partial charge >= 0.3 is 0 Å². The van der Waals surface area contributed by atoms with Crippen LogP contribution in [0.1, 0.15) is 5.56 Å². The van der Waals surface area contributed by atoms with Crippen LogP contribution in [-0.4, -0.2) is 48.2 Å². The number of hydrogen-bond donors (Lipinski definition) is 2. The van der Waals surface area contributed by atoms with Crippen LogP contribution in [0.4, 0.5) is 0 Å². The Hall–Kier alpha value is -1.70. The van der Waals surface area contributed by atoms with Gasteiger partial charge in [-0.25, -0.2) is 0 Å². The lowest BCUT2D eigenvalue weighted by Crippen LogP contribution is -2.50. The number of benzene rings is 3. The summed E-state index contributed by atoms with van der Waals surface area (Å²) in [6.07, 6.45) is 0. The van der Waals surface area contributed by atoms with Crippen molar-refractivity contribution in [2.75, 3.05) is 32.7 Å². The van der Waals surface area contributed by atoms with Crippen LogP contribution in [0.2, 0.25) is 0 Å². The fraction of sp³-hybridized carbons (Fsp3) is 0.308. The molecule has 1 unspecified atom stereocenters. The molecule has 166 valence electrons. The van der Waals surface area contributed by atoms with E-state index in [1.807, 2.05) is 0 Å². The Bertz CT molecular complexity index is 1140. The molecule has 0 aliphatic carbocycles. The highest BCUT2D eigenvalue weighted by Crippen LogP contribution is 2.33. The summed E-state index contributed by atoms with van der Waals surface area (Å²) in [6.45, 7) is 7.22. The Kier molecular flexibility index (Phi) is 6.95. The zero-order valence-corrected chi connectivity index (χ0v) is 21.2. The lowest BCUT2D eigenvalue weighted by molar-refractivity contribution is 0.208. The Balaban J connectivity index is 1.48. The first-order valence-corrected chi connectivity index (χ1v) is 12.8. The second kappa shape index (κ2) is 10.1. The van der Waals surface area contributed by atoms with Gasteiger partial charge in [0.25, 0.3) is 0 Å². The summed E-state index contributed by atoms with van der Waals surface area (Å²) < 4.78 is 4.72. The quantitative estimate of drug-likeness (QED) is 0.321. The SMILES string of the molecule is Brc1ccc2c(c1)c1cc(Br)ccc1n2CC(CN1CCNCC1)NCc1ccccc1. The number of fused-ring (bicyclic) bond motifs is 3. The maximum absolute atomic E-state index is 3.87. The summed E-state index contributed by atoms with van der Waals surface area (Å²) in [4.78, 5) is 2.58. The molecule has 1 aliphatic heterocycles. The van der Waals surface area contributed by atoms with E-state index in [0.717, 1.165) is 54.8 Å². The molecule has 3 aromatic carbocycles. The topological polar surface area (TPSA) is 32.2 Å². The Morgan fingerprint density at radius 3 is 2.06 bits per heavy atom. The van der Waals surface area contributed by atoms with Gasteiger partial charge in [-0.05, 0) is 42.0 Å². The van der Waals surface area contributed by atoms with Crippen LogP contribution < -0.4 is 10.6 Å². The highest BCUT2D eigenvalue weighted by Gasteiger charge is 2.19. The van der Waals surface area contributed by atoms with Crippen molar-refractivity contribution >= 4 is 53.7 Å². The van der Waals surface area contributed by atoms with E-state index < -0.39 is 0 Å². The molecule has 0 spiro atoms. The number of nitrogens with zero attached hydrogens (tertiary/aromatic N) is 2. The van der Waals surface area contributed by atoms with E-state index >= 15 is 0 Å². The van der Waals surface area contributed by atoms with Gasteiger partial charge in [0.05, 0.1) is 0 Å². The average Bonchev–Trinajstić information content (AvgIpc) is 3.10. The van der Waals surface area contributed by atoms with Crippen molar-refractivity contribution in [3.8, 4) is 0 Å². The van der Waals surface area contributed by atoms with Crippen molar-refractivity contribution < 1.29 is 0 Å². The number of halogens is 2. The number of hydrogen-bond acceptors (Lipinski definition) is 3. The van der Waals surface area contributed by atoms with Crippen molar-refractivity contribution in [1.29, 1.82) is 0 Å². The van der Waals surface area contributed by atoms with Gasteiger partial charge in [-0.1, -0.05) is 62.2 Å². The van der Waals surface area contributed by atoms with Crippen LogP contribution in [0.5, 0.6) is 0 Å². The monoisotopic (exact) mass is 554 g/mol. The number of nitrogens with one attached hydrogen (secondary N) is 2. The molecule has 4 nitrogen and oxygen atoms in total. The molecular weight excluding hydrogens is 528 g/mol. The van der Waals surface area contributed by atoms with E-state index in [4.69, 9.17) is 0 Å². The number of piperazine rings is 1. The summed E-state index contributed by atoms with van der Waals surface area (Å²) in [6, 6.07) is 24.3. The molecule has 2 N–H and O–H groups in total. The summed E-state index contributed by atoms with van der Waals surface area (Å²) in [5, 5.41) is 9.93. The molecule has 4 aromatic rings. The maximum atomic E-state index is 3.87. The molecule has 0 radical (unpaired) electrons. The number of aromatic nitrogens is 1. The zero-order valence-electron chi connectivity index (χ0n) is 18.0.